The molecule has 104 valence electrons. The molecule has 1 aliphatic rings. The van der Waals surface area contributed by atoms with Crippen LogP contribution < -0.4 is 5.32 Å². The topological polar surface area (TPSA) is 70.4 Å². The average molecular weight is 272 g/mol. The SMILES string of the molecule is O=C(Nc1cnn(-c2ccccc2)c1)N1CC[C@@H](O)C1. The van der Waals surface area contributed by atoms with Crippen LogP contribution in [0.15, 0.2) is 42.7 Å². The summed E-state index contributed by atoms with van der Waals surface area (Å²) in [6.45, 7) is 0.971. The number of aliphatic hydroxyl groups is 1. The van der Waals surface area contributed by atoms with Crippen molar-refractivity contribution in [1.82, 2.24) is 14.7 Å². The second kappa shape index (κ2) is 5.34. The van der Waals surface area contributed by atoms with Crippen molar-refractivity contribution < 1.29 is 9.90 Å². The molecule has 0 aliphatic carbocycles. The van der Waals surface area contributed by atoms with Crippen LogP contribution in [0.4, 0.5) is 10.5 Å². The Kier molecular flexibility index (Phi) is 3.39. The third-order valence-electron chi connectivity index (χ3n) is 3.31. The van der Waals surface area contributed by atoms with E-state index in [0.29, 0.717) is 25.2 Å². The van der Waals surface area contributed by atoms with Gasteiger partial charge in [-0.05, 0) is 18.6 Å². The van der Waals surface area contributed by atoms with Crippen LogP contribution in [0.25, 0.3) is 5.69 Å². The fourth-order valence-corrected chi connectivity index (χ4v) is 2.24. The summed E-state index contributed by atoms with van der Waals surface area (Å²) in [5, 5.41) is 16.4. The number of likely N-dealkylation sites (tertiary alicyclic amines) is 1. The zero-order valence-corrected chi connectivity index (χ0v) is 10.9. The zero-order valence-electron chi connectivity index (χ0n) is 10.9. The van der Waals surface area contributed by atoms with Gasteiger partial charge in [-0.1, -0.05) is 18.2 Å². The molecule has 2 amide bonds. The van der Waals surface area contributed by atoms with E-state index in [9.17, 15) is 9.90 Å². The van der Waals surface area contributed by atoms with E-state index in [1.807, 2.05) is 30.3 Å². The van der Waals surface area contributed by atoms with E-state index in [4.69, 9.17) is 0 Å². The Morgan fingerprint density at radius 2 is 2.15 bits per heavy atom. The Morgan fingerprint density at radius 1 is 1.35 bits per heavy atom. The highest BCUT2D eigenvalue weighted by Gasteiger charge is 2.24. The highest BCUT2D eigenvalue weighted by atomic mass is 16.3. The summed E-state index contributed by atoms with van der Waals surface area (Å²) in [6, 6.07) is 9.48. The number of rotatable bonds is 2. The minimum Gasteiger partial charge on any atom is -0.391 e. The van der Waals surface area contributed by atoms with Gasteiger partial charge < -0.3 is 15.3 Å². The Balaban J connectivity index is 1.67. The van der Waals surface area contributed by atoms with Crippen LogP contribution in [-0.4, -0.2) is 45.0 Å². The van der Waals surface area contributed by atoms with Crippen LogP contribution in [0.2, 0.25) is 0 Å². The molecule has 1 aliphatic heterocycles. The van der Waals surface area contributed by atoms with Crippen molar-refractivity contribution in [2.75, 3.05) is 18.4 Å². The van der Waals surface area contributed by atoms with Gasteiger partial charge >= 0.3 is 6.03 Å². The van der Waals surface area contributed by atoms with Gasteiger partial charge in [-0.15, -0.1) is 0 Å². The number of para-hydroxylation sites is 1. The van der Waals surface area contributed by atoms with E-state index in [0.717, 1.165) is 5.69 Å². The number of anilines is 1. The van der Waals surface area contributed by atoms with E-state index in [2.05, 4.69) is 10.4 Å². The minimum atomic E-state index is -0.409. The van der Waals surface area contributed by atoms with E-state index in [-0.39, 0.29) is 6.03 Å². The van der Waals surface area contributed by atoms with Crippen molar-refractivity contribution in [2.45, 2.75) is 12.5 Å². The first-order valence-corrected chi connectivity index (χ1v) is 6.56. The van der Waals surface area contributed by atoms with E-state index < -0.39 is 6.10 Å². The second-order valence-electron chi connectivity index (χ2n) is 4.83. The lowest BCUT2D eigenvalue weighted by Gasteiger charge is -2.15. The van der Waals surface area contributed by atoms with E-state index >= 15 is 0 Å². The molecule has 2 heterocycles. The molecule has 1 aromatic carbocycles. The lowest BCUT2D eigenvalue weighted by Crippen LogP contribution is -2.33. The molecule has 0 radical (unpaired) electrons. The first kappa shape index (κ1) is 12.7. The molecule has 6 nitrogen and oxygen atoms in total. The molecule has 1 saturated heterocycles. The number of nitrogens with one attached hydrogen (secondary N) is 1. The molecule has 20 heavy (non-hydrogen) atoms. The van der Waals surface area contributed by atoms with Gasteiger partial charge in [-0.25, -0.2) is 9.48 Å². The lowest BCUT2D eigenvalue weighted by atomic mass is 10.3. The maximum atomic E-state index is 12.0. The lowest BCUT2D eigenvalue weighted by molar-refractivity contribution is 0.176. The number of urea groups is 1. The Hall–Kier alpha value is -2.34. The van der Waals surface area contributed by atoms with E-state index in [1.54, 1.807) is 22.0 Å². The van der Waals surface area contributed by atoms with Gasteiger partial charge in [-0.2, -0.15) is 5.10 Å². The van der Waals surface area contributed by atoms with Crippen LogP contribution in [-0.2, 0) is 0 Å². The highest BCUT2D eigenvalue weighted by molar-refractivity contribution is 5.89. The molecular formula is C14H16N4O2. The number of aliphatic hydroxyl groups excluding tert-OH is 1. The van der Waals surface area contributed by atoms with Gasteiger partial charge in [0.2, 0.25) is 0 Å². The molecule has 0 unspecified atom stereocenters. The number of amides is 2. The molecule has 2 N–H and O–H groups in total. The first-order valence-electron chi connectivity index (χ1n) is 6.56. The highest BCUT2D eigenvalue weighted by Crippen LogP contribution is 2.14. The summed E-state index contributed by atoms with van der Waals surface area (Å²) in [5.74, 6) is 0. The number of hydrogen-bond acceptors (Lipinski definition) is 3. The van der Waals surface area contributed by atoms with Crippen LogP contribution in [0.5, 0.6) is 0 Å². The Labute approximate surface area is 116 Å². The molecule has 0 spiro atoms. The van der Waals surface area contributed by atoms with Crippen LogP contribution in [0.3, 0.4) is 0 Å². The van der Waals surface area contributed by atoms with Crippen molar-refractivity contribution in [3.63, 3.8) is 0 Å². The van der Waals surface area contributed by atoms with Gasteiger partial charge in [-0.3, -0.25) is 0 Å². The van der Waals surface area contributed by atoms with Crippen LogP contribution in [0.1, 0.15) is 6.42 Å². The number of hydrogen-bond donors (Lipinski definition) is 2. The maximum Gasteiger partial charge on any atom is 0.322 e. The number of nitrogens with zero attached hydrogens (tertiary/aromatic N) is 3. The molecule has 3 rings (SSSR count). The van der Waals surface area contributed by atoms with Crippen LogP contribution in [0, 0.1) is 0 Å². The zero-order chi connectivity index (χ0) is 13.9. The summed E-state index contributed by atoms with van der Waals surface area (Å²) in [6.07, 6.45) is 3.60. The van der Waals surface area contributed by atoms with Crippen LogP contribution >= 0.6 is 0 Å². The van der Waals surface area contributed by atoms with Crippen molar-refractivity contribution in [1.29, 1.82) is 0 Å². The normalized spacial score (nSPS) is 18.2. The molecule has 0 bridgehead atoms. The quantitative estimate of drug-likeness (QED) is 0.869. The van der Waals surface area contributed by atoms with E-state index in [1.165, 1.54) is 0 Å². The monoisotopic (exact) mass is 272 g/mol. The Morgan fingerprint density at radius 3 is 2.85 bits per heavy atom. The van der Waals surface area contributed by atoms with Gasteiger partial charge in [0.1, 0.15) is 0 Å². The molecule has 1 fully saturated rings. The summed E-state index contributed by atoms with van der Waals surface area (Å²) < 4.78 is 1.70. The predicted octanol–water partition coefficient (Wildman–Crippen LogP) is 1.47. The second-order valence-corrected chi connectivity index (χ2v) is 4.83. The summed E-state index contributed by atoms with van der Waals surface area (Å²) in [4.78, 5) is 13.6. The largest absolute Gasteiger partial charge is 0.391 e. The Bertz CT molecular complexity index is 596. The van der Waals surface area contributed by atoms with Crippen molar-refractivity contribution in [3.05, 3.63) is 42.7 Å². The number of β-amino-alcohol motifs (C(OH)–C–C–N with tert-alkyl or cyclic N) is 1. The molecule has 2 aromatic rings. The predicted molar refractivity (Wildman–Crippen MR) is 74.8 cm³/mol. The molecule has 1 atom stereocenters. The fourth-order valence-electron chi connectivity index (χ4n) is 2.24. The first-order chi connectivity index (χ1) is 9.72. The molecule has 6 heteroatoms. The van der Waals surface area contributed by atoms with Crippen molar-refractivity contribution >= 4 is 11.7 Å². The summed E-state index contributed by atoms with van der Waals surface area (Å²) >= 11 is 0. The molecule has 0 saturated carbocycles. The van der Waals surface area contributed by atoms with Crippen molar-refractivity contribution in [2.24, 2.45) is 0 Å². The summed E-state index contributed by atoms with van der Waals surface area (Å²) in [5.41, 5.74) is 1.57. The number of carbonyl (C=O) groups excluding carboxylic acids is 1. The third kappa shape index (κ3) is 2.65. The summed E-state index contributed by atoms with van der Waals surface area (Å²) in [7, 11) is 0. The number of aromatic nitrogens is 2. The number of carbonyl (C=O) groups is 1. The number of benzene rings is 1. The van der Waals surface area contributed by atoms with Gasteiger partial charge in [0, 0.05) is 13.1 Å². The third-order valence-corrected chi connectivity index (χ3v) is 3.31. The average Bonchev–Trinajstić information content (AvgIpc) is 3.09. The smallest absolute Gasteiger partial charge is 0.322 e. The standard InChI is InChI=1S/C14H16N4O2/c19-13-6-7-17(10-13)14(20)16-11-8-15-18(9-11)12-4-2-1-3-5-12/h1-5,8-9,13,19H,6-7,10H2,(H,16,20)/t13-/m1/s1. The van der Waals surface area contributed by atoms with Crippen molar-refractivity contribution in [3.8, 4) is 5.69 Å². The van der Waals surface area contributed by atoms with Gasteiger partial charge in [0.15, 0.2) is 0 Å². The molecular weight excluding hydrogens is 256 g/mol. The fraction of sp³-hybridized carbons (Fsp3) is 0.286. The maximum absolute atomic E-state index is 12.0. The van der Waals surface area contributed by atoms with Gasteiger partial charge in [0.25, 0.3) is 0 Å². The minimum absolute atomic E-state index is 0.200. The molecule has 1 aromatic heterocycles. The van der Waals surface area contributed by atoms with Gasteiger partial charge in [0.05, 0.1) is 29.9 Å².